The van der Waals surface area contributed by atoms with Crippen LogP contribution in [0, 0.1) is 0 Å². The molecule has 0 unspecified atom stereocenters. The first kappa shape index (κ1) is 31.3. The van der Waals surface area contributed by atoms with Gasteiger partial charge < -0.3 is 25.3 Å². The van der Waals surface area contributed by atoms with Gasteiger partial charge in [0.1, 0.15) is 5.01 Å². The Kier molecular flexibility index (Phi) is 12.4. The van der Waals surface area contributed by atoms with Crippen LogP contribution in [0.15, 0.2) is 41.1 Å². The van der Waals surface area contributed by atoms with Gasteiger partial charge in [0.2, 0.25) is 5.91 Å². The monoisotopic (exact) mass is 580 g/mol. The molecule has 0 aliphatic carbocycles. The number of aromatic nitrogens is 1. The Balaban J connectivity index is 0.000000374. The second-order valence-electron chi connectivity index (χ2n) is 8.23. The van der Waals surface area contributed by atoms with Gasteiger partial charge in [0, 0.05) is 39.8 Å². The predicted octanol–water partition coefficient (Wildman–Crippen LogP) is 1.45. The molecule has 15 heteroatoms. The highest BCUT2D eigenvalue weighted by atomic mass is 32.1. The molecular weight excluding hydrogens is 552 g/mol. The fourth-order valence-corrected chi connectivity index (χ4v) is 5.01. The number of rotatable bonds is 6. The van der Waals surface area contributed by atoms with Crippen LogP contribution in [0.5, 0.6) is 0 Å². The minimum atomic E-state index is -1.82. The number of carbonyl (C=O) groups excluding carboxylic acids is 1. The number of hydrogen-bond donors (Lipinski definition) is 4. The van der Waals surface area contributed by atoms with Crippen LogP contribution in [-0.4, -0.2) is 110 Å². The largest absolute Gasteiger partial charge is 0.473 e. The van der Waals surface area contributed by atoms with Crippen molar-refractivity contribution in [3.63, 3.8) is 0 Å². The van der Waals surface area contributed by atoms with Gasteiger partial charge in [-0.05, 0) is 34.5 Å². The third-order valence-electron chi connectivity index (χ3n) is 5.31. The lowest BCUT2D eigenvalue weighted by Gasteiger charge is -2.34. The molecule has 0 saturated carbocycles. The number of thiazole rings is 1. The highest BCUT2D eigenvalue weighted by Crippen LogP contribution is 2.23. The van der Waals surface area contributed by atoms with E-state index in [2.05, 4.69) is 44.8 Å². The summed E-state index contributed by atoms with van der Waals surface area (Å²) in [5.74, 6) is -7.10. The Hall–Kier alpha value is -3.92. The molecule has 0 atom stereocenters. The quantitative estimate of drug-likeness (QED) is 0.308. The summed E-state index contributed by atoms with van der Waals surface area (Å²) in [4.78, 5) is 60.1. The summed E-state index contributed by atoms with van der Waals surface area (Å²) in [6, 6.07) is 10.4. The van der Waals surface area contributed by atoms with Crippen molar-refractivity contribution < 1.29 is 44.4 Å². The molecule has 1 fully saturated rings. The Labute approximate surface area is 231 Å². The summed E-state index contributed by atoms with van der Waals surface area (Å²) in [6.45, 7) is 5.94. The number of likely N-dealkylation sites (N-methyl/N-ethyl adjacent to an activating group) is 1. The zero-order chi connectivity index (χ0) is 28.9. The first-order chi connectivity index (χ1) is 18.5. The summed E-state index contributed by atoms with van der Waals surface area (Å²) in [5.41, 5.74) is 2.30. The Morgan fingerprint density at radius 2 is 1.44 bits per heavy atom. The van der Waals surface area contributed by atoms with E-state index in [1.54, 1.807) is 22.7 Å². The lowest BCUT2D eigenvalue weighted by atomic mass is 10.3. The van der Waals surface area contributed by atoms with Crippen molar-refractivity contribution in [2.75, 3.05) is 39.8 Å². The number of carbonyl (C=O) groups is 5. The number of nitrogens with zero attached hydrogens (tertiary/aromatic N) is 4. The summed E-state index contributed by atoms with van der Waals surface area (Å²) in [6.07, 6.45) is 0. The third kappa shape index (κ3) is 11.2. The second kappa shape index (κ2) is 15.5. The van der Waals surface area contributed by atoms with E-state index in [-0.39, 0.29) is 5.91 Å². The van der Waals surface area contributed by atoms with Crippen molar-refractivity contribution in [3.05, 3.63) is 51.7 Å². The van der Waals surface area contributed by atoms with E-state index in [4.69, 9.17) is 44.6 Å². The maximum Gasteiger partial charge on any atom is 0.414 e. The summed E-state index contributed by atoms with van der Waals surface area (Å²) >= 11 is 3.45. The van der Waals surface area contributed by atoms with Crippen molar-refractivity contribution in [2.45, 2.75) is 13.1 Å². The molecule has 1 saturated heterocycles. The fourth-order valence-electron chi connectivity index (χ4n) is 3.34. The first-order valence-electron chi connectivity index (χ1n) is 11.4. The van der Waals surface area contributed by atoms with Gasteiger partial charge in [0.05, 0.1) is 23.3 Å². The van der Waals surface area contributed by atoms with Gasteiger partial charge in [-0.2, -0.15) is 11.3 Å². The third-order valence-corrected chi connectivity index (χ3v) is 7.07. The van der Waals surface area contributed by atoms with Crippen LogP contribution in [0.25, 0.3) is 10.2 Å². The molecular formula is C24H28N4O9S2. The van der Waals surface area contributed by atoms with Gasteiger partial charge in [-0.25, -0.2) is 24.2 Å². The number of para-hydroxylation sites is 1. The predicted molar refractivity (Wildman–Crippen MR) is 143 cm³/mol. The SMILES string of the molecule is CN(Cc1ccsc1)C(=O)CN1CCN(Cc2nc3ccccc3s2)CC1.O=C(O)C(=O)O.O=C(O)C(=O)O. The van der Waals surface area contributed by atoms with Crippen molar-refractivity contribution in [1.82, 2.24) is 19.7 Å². The van der Waals surface area contributed by atoms with Crippen molar-refractivity contribution in [1.29, 1.82) is 0 Å². The Morgan fingerprint density at radius 3 is 1.95 bits per heavy atom. The van der Waals surface area contributed by atoms with Gasteiger partial charge in [0.15, 0.2) is 0 Å². The summed E-state index contributed by atoms with van der Waals surface area (Å²) < 4.78 is 1.25. The maximum atomic E-state index is 12.5. The number of carboxylic acids is 4. The summed E-state index contributed by atoms with van der Waals surface area (Å²) in [5, 5.41) is 34.9. The molecule has 1 aromatic carbocycles. The number of amides is 1. The minimum absolute atomic E-state index is 0.195. The molecule has 3 aromatic rings. The van der Waals surface area contributed by atoms with E-state index in [0.29, 0.717) is 13.1 Å². The fraction of sp³-hybridized carbons (Fsp3) is 0.333. The molecule has 2 aromatic heterocycles. The molecule has 0 spiro atoms. The average molecular weight is 581 g/mol. The van der Waals surface area contributed by atoms with Crippen LogP contribution in [0.1, 0.15) is 10.6 Å². The van der Waals surface area contributed by atoms with E-state index in [1.807, 2.05) is 18.0 Å². The van der Waals surface area contributed by atoms with Gasteiger partial charge in [-0.15, -0.1) is 11.3 Å². The Morgan fingerprint density at radius 1 is 0.872 bits per heavy atom. The second-order valence-corrected chi connectivity index (χ2v) is 10.1. The molecule has 1 amide bonds. The smallest absolute Gasteiger partial charge is 0.414 e. The minimum Gasteiger partial charge on any atom is -0.473 e. The molecule has 1 aliphatic rings. The number of piperazine rings is 1. The number of thiophene rings is 1. The van der Waals surface area contributed by atoms with E-state index in [9.17, 15) is 4.79 Å². The molecule has 13 nitrogen and oxygen atoms in total. The molecule has 4 rings (SSSR count). The standard InChI is InChI=1S/C20H24N4OS2.2C2H2O4/c1-22(12-16-6-11-26-15-16)20(25)14-24-9-7-23(8-10-24)13-19-21-17-4-2-3-5-18(17)27-19;2*3-1(4)2(5)6/h2-6,11,15H,7-10,12-14H2,1H3;2*(H,3,4)(H,5,6). The zero-order valence-electron chi connectivity index (χ0n) is 20.9. The summed E-state index contributed by atoms with van der Waals surface area (Å²) in [7, 11) is 1.89. The number of fused-ring (bicyclic) bond motifs is 1. The molecule has 0 bridgehead atoms. The van der Waals surface area contributed by atoms with E-state index < -0.39 is 23.9 Å². The van der Waals surface area contributed by atoms with Gasteiger partial charge in [-0.1, -0.05) is 12.1 Å². The average Bonchev–Trinajstić information content (AvgIpc) is 3.55. The molecule has 210 valence electrons. The topological polar surface area (TPSA) is 189 Å². The van der Waals surface area contributed by atoms with Crippen LogP contribution < -0.4 is 0 Å². The molecule has 0 radical (unpaired) electrons. The first-order valence-corrected chi connectivity index (χ1v) is 13.2. The van der Waals surface area contributed by atoms with Gasteiger partial charge in [-0.3, -0.25) is 14.6 Å². The lowest BCUT2D eigenvalue weighted by molar-refractivity contribution is -0.159. The number of hydrogen-bond acceptors (Lipinski definition) is 10. The Bertz CT molecular complexity index is 1190. The number of aliphatic carboxylic acids is 4. The van der Waals surface area contributed by atoms with E-state index >= 15 is 0 Å². The highest BCUT2D eigenvalue weighted by molar-refractivity contribution is 7.18. The van der Waals surface area contributed by atoms with Gasteiger partial charge >= 0.3 is 23.9 Å². The molecule has 3 heterocycles. The van der Waals surface area contributed by atoms with Crippen LogP contribution in [0.4, 0.5) is 0 Å². The normalized spacial score (nSPS) is 13.4. The maximum absolute atomic E-state index is 12.5. The van der Waals surface area contributed by atoms with Crippen LogP contribution in [0.3, 0.4) is 0 Å². The molecule has 39 heavy (non-hydrogen) atoms. The van der Waals surface area contributed by atoms with Gasteiger partial charge in [0.25, 0.3) is 0 Å². The zero-order valence-corrected chi connectivity index (χ0v) is 22.6. The van der Waals surface area contributed by atoms with E-state index in [1.165, 1.54) is 15.3 Å². The number of carboxylic acid groups (broad SMARTS) is 4. The van der Waals surface area contributed by atoms with Crippen molar-refractivity contribution in [3.8, 4) is 0 Å². The molecule has 1 aliphatic heterocycles. The molecule has 4 N–H and O–H groups in total. The van der Waals surface area contributed by atoms with Crippen molar-refractivity contribution >= 4 is 62.7 Å². The number of benzene rings is 1. The van der Waals surface area contributed by atoms with E-state index in [0.717, 1.165) is 38.2 Å². The van der Waals surface area contributed by atoms with Crippen molar-refractivity contribution in [2.24, 2.45) is 0 Å². The lowest BCUT2D eigenvalue weighted by Crippen LogP contribution is -2.49. The highest BCUT2D eigenvalue weighted by Gasteiger charge is 2.21. The van der Waals surface area contributed by atoms with Crippen LogP contribution in [0.2, 0.25) is 0 Å². The van der Waals surface area contributed by atoms with Crippen LogP contribution >= 0.6 is 22.7 Å². The van der Waals surface area contributed by atoms with Crippen LogP contribution in [-0.2, 0) is 37.1 Å².